The predicted molar refractivity (Wildman–Crippen MR) is 75.4 cm³/mol. The summed E-state index contributed by atoms with van der Waals surface area (Å²) < 4.78 is 5.73. The van der Waals surface area contributed by atoms with Gasteiger partial charge in [-0.25, -0.2) is 4.98 Å². The number of aromatic nitrogens is 2. The van der Waals surface area contributed by atoms with Crippen LogP contribution in [0.5, 0.6) is 5.88 Å². The maximum atomic E-state index is 6.14. The second kappa shape index (κ2) is 5.87. The van der Waals surface area contributed by atoms with Gasteiger partial charge in [-0.2, -0.15) is 4.98 Å². The van der Waals surface area contributed by atoms with E-state index in [1.54, 1.807) is 0 Å². The van der Waals surface area contributed by atoms with Gasteiger partial charge in [0.25, 0.3) is 0 Å². The van der Waals surface area contributed by atoms with Crippen molar-refractivity contribution in [1.29, 1.82) is 0 Å². The second-order valence-electron chi connectivity index (χ2n) is 6.05. The van der Waals surface area contributed by atoms with Gasteiger partial charge in [-0.3, -0.25) is 0 Å². The lowest BCUT2D eigenvalue weighted by molar-refractivity contribution is 0.274. The zero-order chi connectivity index (χ0) is 13.9. The number of hydrogen-bond donors (Lipinski definition) is 0. The molecule has 0 bridgehead atoms. The minimum absolute atomic E-state index is 0.131. The Balaban J connectivity index is 2.93. The smallest absolute Gasteiger partial charge is 0.221 e. The van der Waals surface area contributed by atoms with Crippen molar-refractivity contribution < 1.29 is 4.74 Å². The Morgan fingerprint density at radius 2 is 1.83 bits per heavy atom. The fraction of sp³-hybridized carbons (Fsp3) is 0.714. The highest BCUT2D eigenvalue weighted by Crippen LogP contribution is 2.27. The number of rotatable bonds is 4. The molecule has 0 saturated carbocycles. The van der Waals surface area contributed by atoms with E-state index in [9.17, 15) is 0 Å². The first kappa shape index (κ1) is 15.2. The number of halogens is 1. The van der Waals surface area contributed by atoms with Crippen LogP contribution in [0.25, 0.3) is 0 Å². The molecule has 0 saturated heterocycles. The molecule has 0 aliphatic heterocycles. The van der Waals surface area contributed by atoms with Crippen LogP contribution in [0.1, 0.15) is 52.4 Å². The summed E-state index contributed by atoms with van der Waals surface area (Å²) in [5.41, 5.74) is 0.682. The Hall–Kier alpha value is -0.830. The largest absolute Gasteiger partial charge is 0.477 e. The maximum absolute atomic E-state index is 6.14. The normalized spacial score (nSPS) is 12.0. The van der Waals surface area contributed by atoms with E-state index in [2.05, 4.69) is 44.6 Å². The van der Waals surface area contributed by atoms with Crippen molar-refractivity contribution in [2.24, 2.45) is 5.92 Å². The van der Waals surface area contributed by atoms with Crippen molar-refractivity contribution in [3.8, 4) is 5.88 Å². The highest BCUT2D eigenvalue weighted by atomic mass is 35.5. The summed E-state index contributed by atoms with van der Waals surface area (Å²) in [4.78, 5) is 8.81. The molecule has 0 fully saturated rings. The molecule has 0 atom stereocenters. The molecule has 0 N–H and O–H groups in total. The third-order valence-electron chi connectivity index (χ3n) is 2.65. The van der Waals surface area contributed by atoms with E-state index in [0.717, 1.165) is 17.8 Å². The van der Waals surface area contributed by atoms with Crippen molar-refractivity contribution in [3.05, 3.63) is 16.5 Å². The van der Waals surface area contributed by atoms with E-state index in [1.165, 1.54) is 0 Å². The maximum Gasteiger partial charge on any atom is 0.221 e. The van der Waals surface area contributed by atoms with Crippen LogP contribution < -0.4 is 4.74 Å². The van der Waals surface area contributed by atoms with Gasteiger partial charge < -0.3 is 4.74 Å². The van der Waals surface area contributed by atoms with E-state index in [0.29, 0.717) is 23.6 Å². The van der Waals surface area contributed by atoms with Crippen LogP contribution in [0.2, 0.25) is 5.15 Å². The van der Waals surface area contributed by atoms with Crippen molar-refractivity contribution in [3.63, 3.8) is 0 Å². The molecule has 0 aromatic carbocycles. The summed E-state index contributed by atoms with van der Waals surface area (Å²) in [6, 6.07) is 0. The van der Waals surface area contributed by atoms with Gasteiger partial charge in [-0.05, 0) is 19.3 Å². The van der Waals surface area contributed by atoms with Crippen LogP contribution >= 0.6 is 11.6 Å². The molecule has 1 rings (SSSR count). The molecule has 0 amide bonds. The monoisotopic (exact) mass is 270 g/mol. The predicted octanol–water partition coefficient (Wildman–Crippen LogP) is 4.16. The molecule has 0 aliphatic carbocycles. The van der Waals surface area contributed by atoms with E-state index in [4.69, 9.17) is 16.3 Å². The topological polar surface area (TPSA) is 35.0 Å². The Morgan fingerprint density at radius 1 is 1.22 bits per heavy atom. The van der Waals surface area contributed by atoms with Gasteiger partial charge in [0, 0.05) is 11.0 Å². The molecule has 0 radical (unpaired) electrons. The molecule has 1 heterocycles. The van der Waals surface area contributed by atoms with Crippen LogP contribution in [0.3, 0.4) is 0 Å². The van der Waals surface area contributed by atoms with Crippen molar-refractivity contribution in [2.75, 3.05) is 6.61 Å². The zero-order valence-electron chi connectivity index (χ0n) is 12.2. The zero-order valence-corrected chi connectivity index (χ0v) is 12.9. The minimum atomic E-state index is -0.131. The average molecular weight is 271 g/mol. The van der Waals surface area contributed by atoms with Crippen molar-refractivity contribution in [1.82, 2.24) is 9.97 Å². The summed E-state index contributed by atoms with van der Waals surface area (Å²) in [6.07, 6.45) is 1.01. The number of ether oxygens (including phenoxy) is 1. The molecule has 1 aromatic rings. The lowest BCUT2D eigenvalue weighted by Gasteiger charge is -2.19. The first-order valence-corrected chi connectivity index (χ1v) is 6.77. The molecule has 3 nitrogen and oxygen atoms in total. The van der Waals surface area contributed by atoms with Gasteiger partial charge in [0.1, 0.15) is 11.0 Å². The number of nitrogens with zero attached hydrogens (tertiary/aromatic N) is 2. The highest BCUT2D eigenvalue weighted by molar-refractivity contribution is 6.30. The third kappa shape index (κ3) is 4.13. The quantitative estimate of drug-likeness (QED) is 0.771. The van der Waals surface area contributed by atoms with Crippen LogP contribution in [0.15, 0.2) is 0 Å². The van der Waals surface area contributed by atoms with Gasteiger partial charge in [-0.15, -0.1) is 0 Å². The molecular formula is C14H23ClN2O. The first-order chi connectivity index (χ1) is 8.21. The summed E-state index contributed by atoms with van der Waals surface area (Å²) >= 11 is 6.14. The Morgan fingerprint density at radius 3 is 2.33 bits per heavy atom. The molecule has 4 heteroatoms. The molecule has 1 aromatic heterocycles. The Bertz CT molecular complexity index is 411. The van der Waals surface area contributed by atoms with E-state index >= 15 is 0 Å². The lowest BCUT2D eigenvalue weighted by atomic mass is 9.96. The van der Waals surface area contributed by atoms with Gasteiger partial charge in [-0.1, -0.05) is 46.2 Å². The van der Waals surface area contributed by atoms with Crippen LogP contribution in [0.4, 0.5) is 0 Å². The second-order valence-corrected chi connectivity index (χ2v) is 6.41. The fourth-order valence-corrected chi connectivity index (χ4v) is 1.50. The average Bonchev–Trinajstić information content (AvgIpc) is 2.22. The Kier molecular flexibility index (Phi) is 4.97. The summed E-state index contributed by atoms with van der Waals surface area (Å²) in [5, 5.41) is 0.481. The Labute approximate surface area is 115 Å². The molecule has 0 spiro atoms. The van der Waals surface area contributed by atoms with Gasteiger partial charge >= 0.3 is 0 Å². The van der Waals surface area contributed by atoms with Gasteiger partial charge in [0.05, 0.1) is 6.61 Å². The molecular weight excluding hydrogens is 248 g/mol. The number of hydrogen-bond acceptors (Lipinski definition) is 3. The van der Waals surface area contributed by atoms with E-state index in [1.807, 2.05) is 6.92 Å². The standard InChI is InChI=1S/C14H23ClN2O/c1-9(2)7-8-18-12-10(3)11(15)16-13(17-12)14(4,5)6/h9H,7-8H2,1-6H3. The SMILES string of the molecule is Cc1c(Cl)nc(C(C)(C)C)nc1OCCC(C)C. The van der Waals surface area contributed by atoms with E-state index in [-0.39, 0.29) is 5.41 Å². The first-order valence-electron chi connectivity index (χ1n) is 6.39. The van der Waals surface area contributed by atoms with Crippen LogP contribution in [-0.4, -0.2) is 16.6 Å². The van der Waals surface area contributed by atoms with Crippen molar-refractivity contribution in [2.45, 2.75) is 53.4 Å². The van der Waals surface area contributed by atoms with Gasteiger partial charge in [0.15, 0.2) is 0 Å². The summed E-state index contributed by atoms with van der Waals surface area (Å²) in [6.45, 7) is 13.1. The lowest BCUT2D eigenvalue weighted by Crippen LogP contribution is -2.17. The minimum Gasteiger partial charge on any atom is -0.477 e. The molecule has 102 valence electrons. The molecule has 0 unspecified atom stereocenters. The highest BCUT2D eigenvalue weighted by Gasteiger charge is 2.21. The van der Waals surface area contributed by atoms with Gasteiger partial charge in [0.2, 0.25) is 5.88 Å². The van der Waals surface area contributed by atoms with Crippen LogP contribution in [-0.2, 0) is 5.41 Å². The third-order valence-corrected chi connectivity index (χ3v) is 3.01. The fourth-order valence-electron chi connectivity index (χ4n) is 1.34. The van der Waals surface area contributed by atoms with Crippen molar-refractivity contribution >= 4 is 11.6 Å². The molecule has 18 heavy (non-hydrogen) atoms. The molecule has 0 aliphatic rings. The summed E-state index contributed by atoms with van der Waals surface area (Å²) in [5.74, 6) is 1.95. The van der Waals surface area contributed by atoms with E-state index < -0.39 is 0 Å². The van der Waals surface area contributed by atoms with Crippen LogP contribution in [0, 0.1) is 12.8 Å². The summed E-state index contributed by atoms with van der Waals surface area (Å²) in [7, 11) is 0.